The highest BCUT2D eigenvalue weighted by Gasteiger charge is 2.14. The van der Waals surface area contributed by atoms with Gasteiger partial charge in [-0.05, 0) is 50.4 Å². The van der Waals surface area contributed by atoms with Gasteiger partial charge in [0.15, 0.2) is 5.69 Å². The second-order valence-corrected chi connectivity index (χ2v) is 5.64. The number of carbonyl (C=O) groups is 1. The van der Waals surface area contributed by atoms with Crippen LogP contribution in [0.1, 0.15) is 29.8 Å². The number of hydrogen-bond donors (Lipinski definition) is 2. The first kappa shape index (κ1) is 14.7. The van der Waals surface area contributed by atoms with Crippen molar-refractivity contribution in [3.05, 3.63) is 42.2 Å². The summed E-state index contributed by atoms with van der Waals surface area (Å²) in [5, 5.41) is 14.3. The van der Waals surface area contributed by atoms with E-state index in [-0.39, 0.29) is 5.91 Å². The Bertz CT molecular complexity index is 604. The Balaban J connectivity index is 1.51. The molecule has 2 N–H and O–H groups in total. The molecule has 0 aliphatic carbocycles. The lowest BCUT2D eigenvalue weighted by atomic mass is 9.96. The summed E-state index contributed by atoms with van der Waals surface area (Å²) in [5.41, 5.74) is 1.24. The summed E-state index contributed by atoms with van der Waals surface area (Å²) in [4.78, 5) is 12.1. The molecule has 1 atom stereocenters. The first-order valence-corrected chi connectivity index (χ1v) is 7.79. The molecule has 1 unspecified atom stereocenters. The van der Waals surface area contributed by atoms with E-state index in [9.17, 15) is 4.79 Å². The second kappa shape index (κ2) is 7.17. The average Bonchev–Trinajstić information content (AvgIpc) is 3.07. The Morgan fingerprint density at radius 2 is 2.23 bits per heavy atom. The first-order chi connectivity index (χ1) is 10.8. The lowest BCUT2D eigenvalue weighted by molar-refractivity contribution is 0.0945. The number of hydrogen-bond acceptors (Lipinski definition) is 4. The fourth-order valence-electron chi connectivity index (χ4n) is 2.73. The van der Waals surface area contributed by atoms with Crippen molar-refractivity contribution in [1.29, 1.82) is 0 Å². The number of aromatic nitrogens is 3. The zero-order chi connectivity index (χ0) is 15.2. The maximum atomic E-state index is 12.1. The van der Waals surface area contributed by atoms with E-state index < -0.39 is 0 Å². The molecule has 0 saturated carbocycles. The highest BCUT2D eigenvalue weighted by atomic mass is 16.2. The van der Waals surface area contributed by atoms with Crippen LogP contribution in [-0.4, -0.2) is 40.5 Å². The quantitative estimate of drug-likeness (QED) is 0.875. The largest absolute Gasteiger partial charge is 0.351 e. The predicted molar refractivity (Wildman–Crippen MR) is 83.9 cm³/mol. The lowest BCUT2D eigenvalue weighted by Gasteiger charge is -2.22. The van der Waals surface area contributed by atoms with Gasteiger partial charge in [-0.1, -0.05) is 23.4 Å². The van der Waals surface area contributed by atoms with E-state index in [0.29, 0.717) is 18.2 Å². The molecule has 1 aromatic heterocycles. The van der Waals surface area contributed by atoms with Crippen LogP contribution < -0.4 is 10.6 Å². The van der Waals surface area contributed by atoms with Gasteiger partial charge in [0, 0.05) is 6.54 Å². The molecule has 1 amide bonds. The van der Waals surface area contributed by atoms with Crippen LogP contribution in [0.25, 0.3) is 5.69 Å². The summed E-state index contributed by atoms with van der Waals surface area (Å²) in [6.07, 6.45) is 5.13. The minimum atomic E-state index is -0.161. The first-order valence-electron chi connectivity index (χ1n) is 7.79. The molecule has 22 heavy (non-hydrogen) atoms. The number of amides is 1. The molecule has 1 saturated heterocycles. The zero-order valence-electron chi connectivity index (χ0n) is 12.5. The third-order valence-electron chi connectivity index (χ3n) is 3.98. The second-order valence-electron chi connectivity index (χ2n) is 5.64. The standard InChI is InChI=1S/C16H21N5O/c22-16(18-10-8-13-5-4-9-17-11-13)15-12-21(20-19-15)14-6-2-1-3-7-14/h1-3,6-7,12-13,17H,4-5,8-11H2,(H,18,22). The Morgan fingerprint density at radius 3 is 3.00 bits per heavy atom. The molecule has 1 aromatic carbocycles. The van der Waals surface area contributed by atoms with Gasteiger partial charge in [-0.3, -0.25) is 4.79 Å². The van der Waals surface area contributed by atoms with E-state index in [1.807, 2.05) is 30.3 Å². The topological polar surface area (TPSA) is 71.8 Å². The molecule has 2 heterocycles. The SMILES string of the molecule is O=C(NCCC1CCCNC1)c1cn(-c2ccccc2)nn1. The fraction of sp³-hybridized carbons (Fsp3) is 0.438. The highest BCUT2D eigenvalue weighted by molar-refractivity contribution is 5.91. The molecule has 1 fully saturated rings. The molecule has 6 nitrogen and oxygen atoms in total. The van der Waals surface area contributed by atoms with Gasteiger partial charge in [0.25, 0.3) is 5.91 Å². The number of nitrogens with zero attached hydrogens (tertiary/aromatic N) is 3. The Morgan fingerprint density at radius 1 is 1.36 bits per heavy atom. The van der Waals surface area contributed by atoms with Crippen LogP contribution in [0.5, 0.6) is 0 Å². The molecule has 0 radical (unpaired) electrons. The normalized spacial score (nSPS) is 18.1. The fourth-order valence-corrected chi connectivity index (χ4v) is 2.73. The van der Waals surface area contributed by atoms with Crippen LogP contribution in [0.3, 0.4) is 0 Å². The van der Waals surface area contributed by atoms with E-state index >= 15 is 0 Å². The van der Waals surface area contributed by atoms with E-state index in [1.54, 1.807) is 10.9 Å². The van der Waals surface area contributed by atoms with E-state index in [2.05, 4.69) is 20.9 Å². The van der Waals surface area contributed by atoms with Gasteiger partial charge >= 0.3 is 0 Å². The minimum absolute atomic E-state index is 0.161. The van der Waals surface area contributed by atoms with Crippen molar-refractivity contribution in [1.82, 2.24) is 25.6 Å². The molecule has 1 aliphatic heterocycles. The summed E-state index contributed by atoms with van der Waals surface area (Å²) in [7, 11) is 0. The maximum Gasteiger partial charge on any atom is 0.273 e. The molecular weight excluding hydrogens is 278 g/mol. The van der Waals surface area contributed by atoms with Crippen LogP contribution in [0.2, 0.25) is 0 Å². The Kier molecular flexibility index (Phi) is 4.80. The number of piperidine rings is 1. The van der Waals surface area contributed by atoms with Crippen molar-refractivity contribution in [2.75, 3.05) is 19.6 Å². The van der Waals surface area contributed by atoms with E-state index in [0.717, 1.165) is 25.2 Å². The van der Waals surface area contributed by atoms with Gasteiger partial charge in [0.1, 0.15) is 0 Å². The number of nitrogens with one attached hydrogen (secondary N) is 2. The van der Waals surface area contributed by atoms with Crippen LogP contribution in [0.15, 0.2) is 36.5 Å². The van der Waals surface area contributed by atoms with Gasteiger partial charge in [0.05, 0.1) is 11.9 Å². The summed E-state index contributed by atoms with van der Waals surface area (Å²) in [6.45, 7) is 2.86. The highest BCUT2D eigenvalue weighted by Crippen LogP contribution is 2.13. The molecule has 116 valence electrons. The van der Waals surface area contributed by atoms with Gasteiger partial charge in [-0.15, -0.1) is 5.10 Å². The van der Waals surface area contributed by atoms with Gasteiger partial charge in [-0.25, -0.2) is 4.68 Å². The predicted octanol–water partition coefficient (Wildman–Crippen LogP) is 1.39. The molecule has 2 aromatic rings. The number of carbonyl (C=O) groups excluding carboxylic acids is 1. The Labute approximate surface area is 129 Å². The van der Waals surface area contributed by atoms with Crippen LogP contribution in [0.4, 0.5) is 0 Å². The molecule has 3 rings (SSSR count). The van der Waals surface area contributed by atoms with Crippen molar-refractivity contribution in [3.8, 4) is 5.69 Å². The molecule has 0 spiro atoms. The number of para-hydroxylation sites is 1. The smallest absolute Gasteiger partial charge is 0.273 e. The molecule has 6 heteroatoms. The van der Waals surface area contributed by atoms with Crippen molar-refractivity contribution < 1.29 is 4.79 Å². The van der Waals surface area contributed by atoms with Gasteiger partial charge < -0.3 is 10.6 Å². The molecular formula is C16H21N5O. The van der Waals surface area contributed by atoms with Gasteiger partial charge in [-0.2, -0.15) is 0 Å². The number of benzene rings is 1. The maximum absolute atomic E-state index is 12.1. The molecule has 0 bridgehead atoms. The van der Waals surface area contributed by atoms with Crippen molar-refractivity contribution >= 4 is 5.91 Å². The molecule has 1 aliphatic rings. The number of rotatable bonds is 5. The minimum Gasteiger partial charge on any atom is -0.351 e. The average molecular weight is 299 g/mol. The van der Waals surface area contributed by atoms with Crippen molar-refractivity contribution in [2.24, 2.45) is 5.92 Å². The van der Waals surface area contributed by atoms with E-state index in [1.165, 1.54) is 12.8 Å². The van der Waals surface area contributed by atoms with Crippen LogP contribution in [0, 0.1) is 5.92 Å². The van der Waals surface area contributed by atoms with Gasteiger partial charge in [0.2, 0.25) is 0 Å². The zero-order valence-corrected chi connectivity index (χ0v) is 12.5. The van der Waals surface area contributed by atoms with Crippen LogP contribution in [-0.2, 0) is 0 Å². The van der Waals surface area contributed by atoms with Crippen LogP contribution >= 0.6 is 0 Å². The third-order valence-corrected chi connectivity index (χ3v) is 3.98. The summed E-state index contributed by atoms with van der Waals surface area (Å²) < 4.78 is 1.61. The van der Waals surface area contributed by atoms with E-state index in [4.69, 9.17) is 0 Å². The van der Waals surface area contributed by atoms with Crippen molar-refractivity contribution in [2.45, 2.75) is 19.3 Å². The summed E-state index contributed by atoms with van der Waals surface area (Å²) >= 11 is 0. The third kappa shape index (κ3) is 3.71. The monoisotopic (exact) mass is 299 g/mol. The summed E-state index contributed by atoms with van der Waals surface area (Å²) in [6, 6.07) is 9.64. The Hall–Kier alpha value is -2.21. The lowest BCUT2D eigenvalue weighted by Crippen LogP contribution is -2.33. The summed E-state index contributed by atoms with van der Waals surface area (Å²) in [5.74, 6) is 0.500. The van der Waals surface area contributed by atoms with Crippen molar-refractivity contribution in [3.63, 3.8) is 0 Å².